The van der Waals surface area contributed by atoms with E-state index in [9.17, 15) is 44.8 Å². The number of carbonyl (C=O) groups is 1. The van der Waals surface area contributed by atoms with Gasteiger partial charge in [-0.15, -0.1) is 5.10 Å². The minimum Gasteiger partial charge on any atom is -0.490 e. The monoisotopic (exact) mass is 1040 g/mol. The van der Waals surface area contributed by atoms with E-state index in [1.165, 1.54) is 43.0 Å². The van der Waals surface area contributed by atoms with Gasteiger partial charge in [-0.1, -0.05) is 26.0 Å². The molecule has 3 aliphatic heterocycles. The molecule has 1 aromatic carbocycles. The molecule has 0 spiro atoms. The second-order valence-corrected chi connectivity index (χ2v) is 21.9. The van der Waals surface area contributed by atoms with Gasteiger partial charge in [-0.3, -0.25) is 14.9 Å². The maximum atomic E-state index is 15.0. The third-order valence-electron chi connectivity index (χ3n) is 15.5. The van der Waals surface area contributed by atoms with Crippen LogP contribution in [0.15, 0.2) is 30.5 Å². The molecule has 3 saturated heterocycles. The molecule has 21 nitrogen and oxygen atoms in total. The number of methoxy groups -OCH3 is 1. The predicted octanol–water partition coefficient (Wildman–Crippen LogP) is 3.47. The Labute approximate surface area is 429 Å². The van der Waals surface area contributed by atoms with Crippen LogP contribution in [0, 0.1) is 27.9 Å². The summed E-state index contributed by atoms with van der Waals surface area (Å²) >= 11 is 0. The number of non-ortho nitro benzene ring substituents is 1. The van der Waals surface area contributed by atoms with Crippen molar-refractivity contribution in [2.24, 2.45) is 17.8 Å². The van der Waals surface area contributed by atoms with E-state index in [-0.39, 0.29) is 50.6 Å². The molecule has 0 radical (unpaired) electrons. The molecule has 0 unspecified atom stereocenters. The first kappa shape index (κ1) is 60.3. The standard InChI is InChI=1S/C51H85FN6O15/c1-14-41-51(10,64)44(60)33(6)56(12)24-29(2)22-49(8,63)46(31(4)43(32(5)47(62)72-41)69-28-39-23-50(9,67-13)45(61)34(7)71-39)73-48-42(59)40(21-30(3)70-48)55(11)20-19-36-26-57(54-53-36)25-35(52)27-68-38-17-15-37(16-18-38)58(65)66/h15-18,26,29-35,39-46,48,59-61,63-64H,14,19-25,27-28H2,1-13H3/t29-,30-,31+,32-,33-,34+,35-,39-,40+,41-,42-,43+,44-,45+,46-,48+,49-,50-,51-/m1/s1. The molecule has 3 aliphatic rings. The van der Waals surface area contributed by atoms with Crippen molar-refractivity contribution in [2.75, 3.05) is 47.5 Å². The Morgan fingerprint density at radius 3 is 2.33 bits per heavy atom. The van der Waals surface area contributed by atoms with Crippen molar-refractivity contribution < 1.29 is 72.8 Å². The Morgan fingerprint density at radius 2 is 1.70 bits per heavy atom. The van der Waals surface area contributed by atoms with Gasteiger partial charge in [0, 0.05) is 69.4 Å². The van der Waals surface area contributed by atoms with Crippen LogP contribution in [0.3, 0.4) is 0 Å². The van der Waals surface area contributed by atoms with Gasteiger partial charge in [0.25, 0.3) is 5.69 Å². The van der Waals surface area contributed by atoms with Crippen molar-refractivity contribution in [1.29, 1.82) is 0 Å². The van der Waals surface area contributed by atoms with Gasteiger partial charge in [0.1, 0.15) is 42.4 Å². The van der Waals surface area contributed by atoms with E-state index in [0.29, 0.717) is 37.4 Å². The lowest BCUT2D eigenvalue weighted by Gasteiger charge is -2.48. The molecule has 3 fully saturated rings. The van der Waals surface area contributed by atoms with Gasteiger partial charge in [-0.25, -0.2) is 9.07 Å². The maximum Gasteiger partial charge on any atom is 0.311 e. The van der Waals surface area contributed by atoms with E-state index in [1.54, 1.807) is 47.7 Å². The first-order valence-electron chi connectivity index (χ1n) is 25.8. The summed E-state index contributed by atoms with van der Waals surface area (Å²) in [5.74, 6) is -2.47. The van der Waals surface area contributed by atoms with Crippen LogP contribution in [0.5, 0.6) is 5.75 Å². The summed E-state index contributed by atoms with van der Waals surface area (Å²) in [6.45, 7) is 17.8. The lowest BCUT2D eigenvalue weighted by molar-refractivity contribution is -0.384. The second-order valence-electron chi connectivity index (χ2n) is 21.9. The summed E-state index contributed by atoms with van der Waals surface area (Å²) in [6, 6.07) is 4.29. The molecule has 22 heteroatoms. The van der Waals surface area contributed by atoms with E-state index in [0.717, 1.165) is 0 Å². The van der Waals surface area contributed by atoms with Gasteiger partial charge >= 0.3 is 5.97 Å². The number of likely N-dealkylation sites (N-methyl/N-ethyl adjacent to an activating group) is 2. The molecule has 0 saturated carbocycles. The number of benzene rings is 1. The largest absolute Gasteiger partial charge is 0.490 e. The Morgan fingerprint density at radius 1 is 1.03 bits per heavy atom. The molecule has 416 valence electrons. The number of hydrogen-bond donors (Lipinski definition) is 5. The van der Waals surface area contributed by atoms with Gasteiger partial charge in [-0.2, -0.15) is 0 Å². The van der Waals surface area contributed by atoms with Crippen LogP contribution in [-0.2, 0) is 46.2 Å². The van der Waals surface area contributed by atoms with E-state index < -0.39 is 119 Å². The lowest BCUT2D eigenvalue weighted by Crippen LogP contribution is -2.60. The summed E-state index contributed by atoms with van der Waals surface area (Å²) in [7, 11) is 5.20. The number of nitro groups is 1. The molecular formula is C51H85FN6O15. The Hall–Kier alpha value is -3.52. The fourth-order valence-electron chi connectivity index (χ4n) is 11.1. The van der Waals surface area contributed by atoms with Gasteiger partial charge < -0.3 is 68.5 Å². The quantitative estimate of drug-likeness (QED) is 0.0863. The average Bonchev–Trinajstić information content (AvgIpc) is 3.78. The van der Waals surface area contributed by atoms with Crippen LogP contribution in [0.1, 0.15) is 101 Å². The average molecular weight is 1040 g/mol. The fourth-order valence-corrected chi connectivity index (χ4v) is 11.1. The molecule has 5 N–H and O–H groups in total. The summed E-state index contributed by atoms with van der Waals surface area (Å²) in [6.07, 6.45) is -7.94. The molecule has 1 aromatic heterocycles. The molecule has 0 bridgehead atoms. The van der Waals surface area contributed by atoms with Crippen molar-refractivity contribution in [3.8, 4) is 5.75 Å². The summed E-state index contributed by atoms with van der Waals surface area (Å²) in [4.78, 5) is 28.7. The fraction of sp³-hybridized carbons (Fsp3) is 0.824. The molecule has 73 heavy (non-hydrogen) atoms. The van der Waals surface area contributed by atoms with Crippen LogP contribution < -0.4 is 4.74 Å². The predicted molar refractivity (Wildman–Crippen MR) is 265 cm³/mol. The lowest BCUT2D eigenvalue weighted by atomic mass is 9.77. The zero-order valence-electron chi connectivity index (χ0n) is 45.1. The number of nitro benzene ring substituents is 1. The maximum absolute atomic E-state index is 15.0. The Bertz CT molecular complexity index is 2050. The minimum atomic E-state index is -1.85. The van der Waals surface area contributed by atoms with Crippen LogP contribution in [-0.4, -0.2) is 205 Å². The summed E-state index contributed by atoms with van der Waals surface area (Å²) in [5.41, 5.74) is -3.96. The number of aliphatic hydroxyl groups is 5. The van der Waals surface area contributed by atoms with Crippen LogP contribution in [0.25, 0.3) is 0 Å². The highest BCUT2D eigenvalue weighted by Crippen LogP contribution is 2.39. The number of cyclic esters (lactones) is 1. The first-order valence-corrected chi connectivity index (χ1v) is 25.8. The third-order valence-corrected chi connectivity index (χ3v) is 15.5. The Balaban J connectivity index is 1.37. The number of ether oxygens (including phenoxy) is 7. The molecule has 0 amide bonds. The molecule has 4 heterocycles. The zero-order chi connectivity index (χ0) is 54.3. The van der Waals surface area contributed by atoms with Crippen molar-refractivity contribution in [2.45, 2.75) is 204 Å². The number of aromatic nitrogens is 3. The number of alkyl halides is 1. The molecule has 2 aromatic rings. The number of aliphatic hydroxyl groups excluding tert-OH is 3. The van der Waals surface area contributed by atoms with E-state index in [1.807, 2.05) is 44.7 Å². The smallest absolute Gasteiger partial charge is 0.311 e. The van der Waals surface area contributed by atoms with Crippen molar-refractivity contribution in [3.05, 3.63) is 46.3 Å². The first-order chi connectivity index (χ1) is 34.1. The van der Waals surface area contributed by atoms with Crippen molar-refractivity contribution >= 4 is 11.7 Å². The van der Waals surface area contributed by atoms with Gasteiger partial charge in [0.05, 0.1) is 71.4 Å². The normalized spacial score (nSPS) is 39.1. The number of carbonyl (C=O) groups excluding carboxylic acids is 1. The molecule has 19 atom stereocenters. The van der Waals surface area contributed by atoms with Crippen molar-refractivity contribution in [3.63, 3.8) is 0 Å². The summed E-state index contributed by atoms with van der Waals surface area (Å²) in [5, 5.41) is 78.7. The van der Waals surface area contributed by atoms with Gasteiger partial charge in [0.15, 0.2) is 12.5 Å². The van der Waals surface area contributed by atoms with E-state index in [4.69, 9.17) is 33.2 Å². The Kier molecular flexibility index (Phi) is 21.1. The van der Waals surface area contributed by atoms with Crippen LogP contribution >= 0.6 is 0 Å². The van der Waals surface area contributed by atoms with Gasteiger partial charge in [0.2, 0.25) is 0 Å². The molecule has 5 rings (SSSR count). The highest BCUT2D eigenvalue weighted by molar-refractivity contribution is 5.73. The van der Waals surface area contributed by atoms with Gasteiger partial charge in [-0.05, 0) is 99.9 Å². The SMILES string of the molecule is CC[C@H]1OC(=O)[C@H](C)[C@@H](OC[C@H]2C[C@@](C)(OC)[C@@H](O)[C@H](C)O2)[C@H](C)[C@@H](O[C@@H]2O[C@H](C)C[C@H](N(C)CCc3cn(C[C@@H](F)COc4ccc([N+](=O)[O-])cc4)nn3)[C@H]2O)[C@](C)(O)C[C@@H](C)CN(C)[C@H](C)[C@@H](O)[C@]1(C)O. The number of halogens is 1. The highest BCUT2D eigenvalue weighted by Gasteiger charge is 2.52. The third kappa shape index (κ3) is 15.1. The van der Waals surface area contributed by atoms with E-state index >= 15 is 0 Å². The highest BCUT2D eigenvalue weighted by atomic mass is 19.1. The van der Waals surface area contributed by atoms with E-state index in [2.05, 4.69) is 10.3 Å². The number of nitrogens with zero attached hydrogens (tertiary/aromatic N) is 6. The second kappa shape index (κ2) is 25.5. The summed E-state index contributed by atoms with van der Waals surface area (Å²) < 4.78 is 59.9. The minimum absolute atomic E-state index is 0.0445. The van der Waals surface area contributed by atoms with Crippen LogP contribution in [0.2, 0.25) is 0 Å². The number of hydrogen-bond acceptors (Lipinski definition) is 19. The molecular weight excluding hydrogens is 956 g/mol. The van der Waals surface area contributed by atoms with Crippen molar-refractivity contribution in [1.82, 2.24) is 24.8 Å². The van der Waals surface area contributed by atoms with Crippen LogP contribution in [0.4, 0.5) is 10.1 Å². The topological polar surface area (TPSA) is 263 Å². The zero-order valence-corrected chi connectivity index (χ0v) is 45.1. The molecule has 0 aliphatic carbocycles. The number of esters is 1. The number of rotatable bonds is 17.